The SMILES string of the molecule is COC(=O)c1c(NC(=O)CN(C)C2CCN(C(C)C)CC2)sc2c1CCCC2. The number of fused-ring (bicyclic) bond motifs is 1. The first-order chi connectivity index (χ1) is 13.4. The van der Waals surface area contributed by atoms with Crippen molar-refractivity contribution in [2.24, 2.45) is 0 Å². The van der Waals surface area contributed by atoms with Gasteiger partial charge in [0.2, 0.25) is 5.91 Å². The normalized spacial score (nSPS) is 18.4. The lowest BCUT2D eigenvalue weighted by Crippen LogP contribution is -2.47. The molecule has 0 unspecified atom stereocenters. The van der Waals surface area contributed by atoms with Gasteiger partial charge >= 0.3 is 5.97 Å². The number of anilines is 1. The summed E-state index contributed by atoms with van der Waals surface area (Å²) in [5.74, 6) is -0.401. The molecule has 0 radical (unpaired) electrons. The lowest BCUT2D eigenvalue weighted by Gasteiger charge is -2.38. The van der Waals surface area contributed by atoms with Crippen LogP contribution in [0.3, 0.4) is 0 Å². The van der Waals surface area contributed by atoms with Crippen LogP contribution in [0.15, 0.2) is 0 Å². The summed E-state index contributed by atoms with van der Waals surface area (Å²) in [5.41, 5.74) is 1.65. The quantitative estimate of drug-likeness (QED) is 0.734. The lowest BCUT2D eigenvalue weighted by atomic mass is 9.95. The third kappa shape index (κ3) is 4.75. The standard InChI is InChI=1S/C21H33N3O3S/c1-14(2)24-11-9-15(10-12-24)23(3)13-18(25)22-20-19(21(26)27-4)16-7-5-6-8-17(16)28-20/h14-15H,5-13H2,1-4H3,(H,22,25). The van der Waals surface area contributed by atoms with E-state index in [9.17, 15) is 9.59 Å². The van der Waals surface area contributed by atoms with E-state index in [1.807, 2.05) is 7.05 Å². The Bertz CT molecular complexity index is 708. The van der Waals surface area contributed by atoms with Crippen molar-refractivity contribution in [3.63, 3.8) is 0 Å². The molecule has 28 heavy (non-hydrogen) atoms. The van der Waals surface area contributed by atoms with E-state index in [0.29, 0.717) is 29.2 Å². The van der Waals surface area contributed by atoms with E-state index < -0.39 is 0 Å². The maximum absolute atomic E-state index is 12.7. The van der Waals surface area contributed by atoms with E-state index >= 15 is 0 Å². The number of hydrogen-bond donors (Lipinski definition) is 1. The van der Waals surface area contributed by atoms with Crippen LogP contribution < -0.4 is 5.32 Å². The summed E-state index contributed by atoms with van der Waals surface area (Å²) in [6, 6.07) is 1.01. The molecule has 2 aliphatic rings. The van der Waals surface area contributed by atoms with E-state index in [1.54, 1.807) is 11.3 Å². The first-order valence-electron chi connectivity index (χ1n) is 10.4. The Balaban J connectivity index is 1.62. The van der Waals surface area contributed by atoms with Crippen molar-refractivity contribution in [2.75, 3.05) is 39.1 Å². The summed E-state index contributed by atoms with van der Waals surface area (Å²) >= 11 is 1.54. The van der Waals surface area contributed by atoms with Crippen LogP contribution >= 0.6 is 11.3 Å². The second-order valence-electron chi connectivity index (χ2n) is 8.23. The number of carbonyl (C=O) groups is 2. The largest absolute Gasteiger partial charge is 0.465 e. The second kappa shape index (κ2) is 9.37. The molecule has 1 aromatic heterocycles. The van der Waals surface area contributed by atoms with Gasteiger partial charge < -0.3 is 15.0 Å². The number of piperidine rings is 1. The number of amides is 1. The molecule has 1 N–H and O–H groups in total. The van der Waals surface area contributed by atoms with Crippen molar-refractivity contribution in [2.45, 2.75) is 64.5 Å². The Morgan fingerprint density at radius 1 is 1.25 bits per heavy atom. The Labute approximate surface area is 172 Å². The predicted molar refractivity (Wildman–Crippen MR) is 113 cm³/mol. The molecule has 0 atom stereocenters. The number of rotatable bonds is 6. The highest BCUT2D eigenvalue weighted by atomic mass is 32.1. The van der Waals surface area contributed by atoms with Gasteiger partial charge in [-0.25, -0.2) is 4.79 Å². The van der Waals surface area contributed by atoms with Gasteiger partial charge in [-0.2, -0.15) is 0 Å². The number of nitrogens with one attached hydrogen (secondary N) is 1. The molecule has 1 fully saturated rings. The van der Waals surface area contributed by atoms with Gasteiger partial charge in [0, 0.05) is 17.0 Å². The van der Waals surface area contributed by atoms with Gasteiger partial charge in [0.15, 0.2) is 0 Å². The molecule has 6 nitrogen and oxygen atoms in total. The average molecular weight is 408 g/mol. The molecule has 0 bridgehead atoms. The molecule has 2 heterocycles. The third-order valence-electron chi connectivity index (χ3n) is 6.06. The summed E-state index contributed by atoms with van der Waals surface area (Å²) in [4.78, 5) is 30.9. The molecule has 1 amide bonds. The van der Waals surface area contributed by atoms with Crippen LogP contribution in [0.5, 0.6) is 0 Å². The minimum Gasteiger partial charge on any atom is -0.465 e. The van der Waals surface area contributed by atoms with E-state index in [2.05, 4.69) is 29.0 Å². The van der Waals surface area contributed by atoms with Crippen molar-refractivity contribution in [1.82, 2.24) is 9.80 Å². The molecule has 156 valence electrons. The minimum absolute atomic E-state index is 0.0578. The van der Waals surface area contributed by atoms with E-state index in [-0.39, 0.29) is 11.9 Å². The van der Waals surface area contributed by atoms with Gasteiger partial charge in [-0.15, -0.1) is 11.3 Å². The Kier molecular flexibility index (Phi) is 7.12. The molecular weight excluding hydrogens is 374 g/mol. The summed E-state index contributed by atoms with van der Waals surface area (Å²) in [7, 11) is 3.42. The zero-order chi connectivity index (χ0) is 20.3. The van der Waals surface area contributed by atoms with Gasteiger partial charge in [-0.3, -0.25) is 9.69 Å². The van der Waals surface area contributed by atoms with Crippen LogP contribution in [0.1, 0.15) is 60.3 Å². The highest BCUT2D eigenvalue weighted by Crippen LogP contribution is 2.38. The summed E-state index contributed by atoms with van der Waals surface area (Å²) in [6.45, 7) is 6.97. The Hall–Kier alpha value is -1.44. The minimum atomic E-state index is -0.343. The van der Waals surface area contributed by atoms with E-state index in [1.165, 1.54) is 12.0 Å². The van der Waals surface area contributed by atoms with Gasteiger partial charge in [0.05, 0.1) is 19.2 Å². The van der Waals surface area contributed by atoms with Gasteiger partial charge in [-0.1, -0.05) is 0 Å². The highest BCUT2D eigenvalue weighted by Gasteiger charge is 2.28. The Morgan fingerprint density at radius 3 is 2.57 bits per heavy atom. The fourth-order valence-electron chi connectivity index (χ4n) is 4.34. The lowest BCUT2D eigenvalue weighted by molar-refractivity contribution is -0.117. The van der Waals surface area contributed by atoms with Crippen molar-refractivity contribution >= 4 is 28.2 Å². The molecule has 0 aromatic carbocycles. The van der Waals surface area contributed by atoms with Crippen molar-refractivity contribution in [3.8, 4) is 0 Å². The number of methoxy groups -OCH3 is 1. The molecular formula is C21H33N3O3S. The smallest absolute Gasteiger partial charge is 0.341 e. The second-order valence-corrected chi connectivity index (χ2v) is 9.34. The maximum atomic E-state index is 12.7. The third-order valence-corrected chi connectivity index (χ3v) is 7.27. The molecule has 7 heteroatoms. The van der Waals surface area contributed by atoms with Crippen molar-refractivity contribution in [1.29, 1.82) is 0 Å². The first-order valence-corrected chi connectivity index (χ1v) is 11.2. The van der Waals surface area contributed by atoms with E-state index in [0.717, 1.165) is 57.2 Å². The number of nitrogens with zero attached hydrogens (tertiary/aromatic N) is 2. The van der Waals surface area contributed by atoms with Crippen LogP contribution in [0.2, 0.25) is 0 Å². The van der Waals surface area contributed by atoms with Crippen LogP contribution in [0.25, 0.3) is 0 Å². The van der Waals surface area contributed by atoms with Crippen LogP contribution in [-0.2, 0) is 22.4 Å². The predicted octanol–water partition coefficient (Wildman–Crippen LogP) is 3.16. The summed E-state index contributed by atoms with van der Waals surface area (Å²) < 4.78 is 4.99. The average Bonchev–Trinajstić information content (AvgIpc) is 3.04. The van der Waals surface area contributed by atoms with Gasteiger partial charge in [0.1, 0.15) is 5.00 Å². The zero-order valence-electron chi connectivity index (χ0n) is 17.5. The van der Waals surface area contributed by atoms with Crippen molar-refractivity contribution in [3.05, 3.63) is 16.0 Å². The molecule has 3 rings (SSSR count). The van der Waals surface area contributed by atoms with Crippen LogP contribution in [-0.4, -0.2) is 67.6 Å². The van der Waals surface area contributed by atoms with Crippen LogP contribution in [0, 0.1) is 0 Å². The molecule has 1 aliphatic heterocycles. The number of thiophene rings is 1. The summed E-state index contributed by atoms with van der Waals surface area (Å²) in [6.07, 6.45) is 6.26. The summed E-state index contributed by atoms with van der Waals surface area (Å²) in [5, 5.41) is 3.67. The van der Waals surface area contributed by atoms with E-state index in [4.69, 9.17) is 4.74 Å². The Morgan fingerprint density at radius 2 is 1.93 bits per heavy atom. The number of likely N-dealkylation sites (N-methyl/N-ethyl adjacent to an activating group) is 1. The molecule has 1 aliphatic carbocycles. The number of ether oxygens (including phenoxy) is 1. The molecule has 1 saturated heterocycles. The fourth-order valence-corrected chi connectivity index (χ4v) is 5.63. The molecule has 0 spiro atoms. The number of likely N-dealkylation sites (tertiary alicyclic amines) is 1. The van der Waals surface area contributed by atoms with Gasteiger partial charge in [0.25, 0.3) is 0 Å². The number of hydrogen-bond acceptors (Lipinski definition) is 6. The number of carbonyl (C=O) groups excluding carboxylic acids is 2. The number of esters is 1. The van der Waals surface area contributed by atoms with Gasteiger partial charge in [-0.05, 0) is 78.1 Å². The zero-order valence-corrected chi connectivity index (χ0v) is 18.4. The molecule has 0 saturated carbocycles. The fraction of sp³-hybridized carbons (Fsp3) is 0.714. The van der Waals surface area contributed by atoms with Crippen molar-refractivity contribution < 1.29 is 14.3 Å². The highest BCUT2D eigenvalue weighted by molar-refractivity contribution is 7.17. The van der Waals surface area contributed by atoms with Crippen LogP contribution in [0.4, 0.5) is 5.00 Å². The first kappa shape index (κ1) is 21.3. The maximum Gasteiger partial charge on any atom is 0.341 e. The monoisotopic (exact) mass is 407 g/mol. The number of aryl methyl sites for hydroxylation is 1. The molecule has 1 aromatic rings. The topological polar surface area (TPSA) is 61.9 Å².